The maximum Gasteiger partial charge on any atom is 0.416 e. The smallest absolute Gasteiger partial charge is 0.340 e. The van der Waals surface area contributed by atoms with Crippen molar-refractivity contribution in [2.75, 3.05) is 7.05 Å². The molecule has 28 heavy (non-hydrogen) atoms. The summed E-state index contributed by atoms with van der Waals surface area (Å²) < 4.78 is 41.0. The van der Waals surface area contributed by atoms with Gasteiger partial charge in [-0.1, -0.05) is 48.5 Å². The van der Waals surface area contributed by atoms with Crippen LogP contribution in [0.1, 0.15) is 22.7 Å². The number of likely N-dealkylation sites (N-methyl/N-ethyl adjacent to an activating group) is 1. The van der Waals surface area contributed by atoms with E-state index in [1.54, 1.807) is 0 Å². The number of nitrogens with zero attached hydrogens (tertiary/aromatic N) is 5. The highest BCUT2D eigenvalue weighted by Gasteiger charge is 2.34. The third kappa shape index (κ3) is 4.54. The summed E-state index contributed by atoms with van der Waals surface area (Å²) in [6, 6.07) is 13.7. The van der Waals surface area contributed by atoms with Gasteiger partial charge >= 0.3 is 6.18 Å². The van der Waals surface area contributed by atoms with Crippen molar-refractivity contribution in [3.05, 3.63) is 77.6 Å². The van der Waals surface area contributed by atoms with Crippen molar-refractivity contribution >= 4 is 5.91 Å². The molecule has 0 saturated heterocycles. The zero-order chi connectivity index (χ0) is 20.1. The van der Waals surface area contributed by atoms with Crippen LogP contribution in [-0.4, -0.2) is 38.1 Å². The average molecular weight is 389 g/mol. The molecule has 0 aliphatic rings. The van der Waals surface area contributed by atoms with Gasteiger partial charge in [0.05, 0.1) is 5.56 Å². The third-order valence-electron chi connectivity index (χ3n) is 4.35. The van der Waals surface area contributed by atoms with Gasteiger partial charge in [0, 0.05) is 20.0 Å². The van der Waals surface area contributed by atoms with Gasteiger partial charge < -0.3 is 4.90 Å². The van der Waals surface area contributed by atoms with Gasteiger partial charge in [0.15, 0.2) is 0 Å². The minimum Gasteiger partial charge on any atom is -0.340 e. The lowest BCUT2D eigenvalue weighted by Crippen LogP contribution is -2.36. The van der Waals surface area contributed by atoms with Crippen LogP contribution in [0.2, 0.25) is 0 Å². The Morgan fingerprint density at radius 2 is 1.79 bits per heavy atom. The van der Waals surface area contributed by atoms with Gasteiger partial charge in [0.2, 0.25) is 5.91 Å². The van der Waals surface area contributed by atoms with Gasteiger partial charge in [-0.15, -0.1) is 5.10 Å². The Balaban J connectivity index is 1.83. The Kier molecular flexibility index (Phi) is 5.72. The van der Waals surface area contributed by atoms with Crippen LogP contribution >= 0.6 is 0 Å². The Labute approximate surface area is 159 Å². The lowest BCUT2D eigenvalue weighted by atomic mass is 10.0. The predicted octanol–water partition coefficient (Wildman–Crippen LogP) is 3.13. The van der Waals surface area contributed by atoms with Crippen molar-refractivity contribution in [2.24, 2.45) is 0 Å². The van der Waals surface area contributed by atoms with Crippen molar-refractivity contribution in [3.63, 3.8) is 0 Å². The standard InChI is InChI=1S/C19H18F3N5O/c1-26(12-15-9-5-6-10-16(15)19(20,21)22)18(28)17(27-13-23-24-25-27)11-14-7-3-2-4-8-14/h2-10,13,17H,11-12H2,1H3. The zero-order valence-corrected chi connectivity index (χ0v) is 15.0. The molecule has 1 heterocycles. The highest BCUT2D eigenvalue weighted by molar-refractivity contribution is 5.80. The molecule has 3 aromatic rings. The van der Waals surface area contributed by atoms with Crippen LogP contribution in [-0.2, 0) is 23.9 Å². The number of halogens is 3. The largest absolute Gasteiger partial charge is 0.416 e. The topological polar surface area (TPSA) is 63.9 Å². The fourth-order valence-corrected chi connectivity index (χ4v) is 2.97. The van der Waals surface area contributed by atoms with E-state index in [0.29, 0.717) is 6.42 Å². The molecule has 1 aromatic heterocycles. The molecule has 1 atom stereocenters. The molecule has 6 nitrogen and oxygen atoms in total. The summed E-state index contributed by atoms with van der Waals surface area (Å²) in [5, 5.41) is 10.9. The van der Waals surface area contributed by atoms with Gasteiger partial charge in [0.25, 0.3) is 0 Å². The Bertz CT molecular complexity index is 913. The molecule has 3 rings (SSSR count). The zero-order valence-electron chi connectivity index (χ0n) is 15.0. The second kappa shape index (κ2) is 8.20. The third-order valence-corrected chi connectivity index (χ3v) is 4.35. The lowest BCUT2D eigenvalue weighted by Gasteiger charge is -2.25. The average Bonchev–Trinajstić information content (AvgIpc) is 3.20. The van der Waals surface area contributed by atoms with Crippen LogP contribution in [0.15, 0.2) is 60.9 Å². The fraction of sp³-hybridized carbons (Fsp3) is 0.263. The van der Waals surface area contributed by atoms with Gasteiger partial charge in [0.1, 0.15) is 12.4 Å². The second-order valence-corrected chi connectivity index (χ2v) is 6.34. The van der Waals surface area contributed by atoms with Gasteiger partial charge in [-0.05, 0) is 27.6 Å². The van der Waals surface area contributed by atoms with E-state index >= 15 is 0 Å². The first-order valence-electron chi connectivity index (χ1n) is 8.52. The quantitative estimate of drug-likeness (QED) is 0.650. The Hall–Kier alpha value is -3.23. The SMILES string of the molecule is CN(Cc1ccccc1C(F)(F)F)C(=O)C(Cc1ccccc1)n1cnnn1. The fourth-order valence-electron chi connectivity index (χ4n) is 2.97. The van der Waals surface area contributed by atoms with Crippen molar-refractivity contribution < 1.29 is 18.0 Å². The van der Waals surface area contributed by atoms with E-state index in [1.807, 2.05) is 30.3 Å². The summed E-state index contributed by atoms with van der Waals surface area (Å²) in [5.41, 5.74) is 0.165. The summed E-state index contributed by atoms with van der Waals surface area (Å²) in [4.78, 5) is 14.3. The molecule has 1 unspecified atom stereocenters. The number of tetrazole rings is 1. The van der Waals surface area contributed by atoms with Gasteiger partial charge in [-0.2, -0.15) is 13.2 Å². The van der Waals surface area contributed by atoms with Gasteiger partial charge in [-0.25, -0.2) is 4.68 Å². The molecule has 146 valence electrons. The van der Waals surface area contributed by atoms with E-state index < -0.39 is 17.8 Å². The monoisotopic (exact) mass is 389 g/mol. The summed E-state index contributed by atoms with van der Waals surface area (Å²) in [6.07, 6.45) is -2.85. The van der Waals surface area contributed by atoms with E-state index in [1.165, 1.54) is 41.2 Å². The van der Waals surface area contributed by atoms with Crippen molar-refractivity contribution in [1.82, 2.24) is 25.1 Å². The normalized spacial score (nSPS) is 12.6. The summed E-state index contributed by atoms with van der Waals surface area (Å²) in [5.74, 6) is -0.381. The Morgan fingerprint density at radius 1 is 1.11 bits per heavy atom. The van der Waals surface area contributed by atoms with Crippen LogP contribution in [0.4, 0.5) is 13.2 Å². The molecule has 1 amide bonds. The van der Waals surface area contributed by atoms with E-state index in [2.05, 4.69) is 15.5 Å². The molecule has 0 radical (unpaired) electrons. The predicted molar refractivity (Wildman–Crippen MR) is 94.9 cm³/mol. The van der Waals surface area contributed by atoms with Crippen LogP contribution < -0.4 is 0 Å². The molecular weight excluding hydrogens is 371 g/mol. The Morgan fingerprint density at radius 3 is 2.43 bits per heavy atom. The highest BCUT2D eigenvalue weighted by Crippen LogP contribution is 2.32. The number of aromatic nitrogens is 4. The van der Waals surface area contributed by atoms with Crippen LogP contribution in [0, 0.1) is 0 Å². The summed E-state index contributed by atoms with van der Waals surface area (Å²) >= 11 is 0. The maximum absolute atomic E-state index is 13.2. The number of rotatable bonds is 6. The molecule has 0 bridgehead atoms. The first-order chi connectivity index (χ1) is 13.4. The minimum absolute atomic E-state index is 0.0287. The van der Waals surface area contributed by atoms with Crippen molar-refractivity contribution in [3.8, 4) is 0 Å². The number of hydrogen-bond donors (Lipinski definition) is 0. The molecule has 2 aromatic carbocycles. The lowest BCUT2D eigenvalue weighted by molar-refractivity contribution is -0.140. The van der Waals surface area contributed by atoms with E-state index in [-0.39, 0.29) is 18.0 Å². The molecule has 0 saturated carbocycles. The van der Waals surface area contributed by atoms with Crippen LogP contribution in [0.5, 0.6) is 0 Å². The first-order valence-corrected chi connectivity index (χ1v) is 8.52. The maximum atomic E-state index is 13.2. The molecule has 0 aliphatic heterocycles. The number of hydrogen-bond acceptors (Lipinski definition) is 4. The van der Waals surface area contributed by atoms with Gasteiger partial charge in [-0.3, -0.25) is 4.79 Å². The molecule has 9 heteroatoms. The number of benzene rings is 2. The number of carbonyl (C=O) groups excluding carboxylic acids is 1. The number of alkyl halides is 3. The molecule has 0 N–H and O–H groups in total. The molecule has 0 aliphatic carbocycles. The summed E-state index contributed by atoms with van der Waals surface area (Å²) in [7, 11) is 1.47. The van der Waals surface area contributed by atoms with E-state index in [9.17, 15) is 18.0 Å². The molecule has 0 fully saturated rings. The first kappa shape index (κ1) is 19.5. The van der Waals surface area contributed by atoms with Crippen molar-refractivity contribution in [1.29, 1.82) is 0 Å². The van der Waals surface area contributed by atoms with E-state index in [4.69, 9.17) is 0 Å². The molecular formula is C19H18F3N5O. The highest BCUT2D eigenvalue weighted by atomic mass is 19.4. The number of carbonyl (C=O) groups is 1. The second-order valence-electron chi connectivity index (χ2n) is 6.34. The van der Waals surface area contributed by atoms with E-state index in [0.717, 1.165) is 11.6 Å². The van der Waals surface area contributed by atoms with Crippen LogP contribution in [0.25, 0.3) is 0 Å². The summed E-state index contributed by atoms with van der Waals surface area (Å²) in [6.45, 7) is -0.179. The minimum atomic E-state index is -4.49. The van der Waals surface area contributed by atoms with Crippen molar-refractivity contribution in [2.45, 2.75) is 25.2 Å². The van der Waals surface area contributed by atoms with Crippen LogP contribution in [0.3, 0.4) is 0 Å². The number of amides is 1. The molecule has 0 spiro atoms.